The van der Waals surface area contributed by atoms with Gasteiger partial charge in [-0.05, 0) is 18.3 Å². The topological polar surface area (TPSA) is 40.5 Å². The lowest BCUT2D eigenvalue weighted by Crippen LogP contribution is -2.01. The van der Waals surface area contributed by atoms with Gasteiger partial charge in [0.1, 0.15) is 0 Å². The molecule has 1 atom stereocenters. The largest absolute Gasteiger partial charge is 0.396 e. The van der Waals surface area contributed by atoms with Crippen molar-refractivity contribution in [3.8, 4) is 0 Å². The summed E-state index contributed by atoms with van der Waals surface area (Å²) in [4.78, 5) is 0. The molecule has 0 spiro atoms. The molecule has 0 radical (unpaired) electrons. The molecule has 2 N–H and O–H groups in total. The molecule has 0 fully saturated rings. The van der Waals surface area contributed by atoms with Gasteiger partial charge in [0.2, 0.25) is 0 Å². The van der Waals surface area contributed by atoms with Gasteiger partial charge in [0, 0.05) is 13.2 Å². The first-order chi connectivity index (χ1) is 6.65. The Labute approximate surface area is 89.3 Å². The van der Waals surface area contributed by atoms with Gasteiger partial charge < -0.3 is 10.2 Å². The number of rotatable bonds is 6. The SMILES string of the molecule is CCC(CC)CO.CCCC(C)CO. The number of hydrogen-bond donors (Lipinski definition) is 2. The van der Waals surface area contributed by atoms with Gasteiger partial charge >= 0.3 is 0 Å². The van der Waals surface area contributed by atoms with Crippen LogP contribution in [-0.4, -0.2) is 23.4 Å². The molecule has 0 saturated carbocycles. The molecule has 0 aliphatic heterocycles. The molecule has 0 saturated heterocycles. The van der Waals surface area contributed by atoms with E-state index in [1.807, 2.05) is 0 Å². The maximum atomic E-state index is 8.53. The number of aliphatic hydroxyl groups excluding tert-OH is 2. The first-order valence-corrected chi connectivity index (χ1v) is 5.87. The zero-order chi connectivity index (χ0) is 11.4. The fourth-order valence-corrected chi connectivity index (χ4v) is 1.13. The Hall–Kier alpha value is -0.0800. The van der Waals surface area contributed by atoms with Crippen molar-refractivity contribution in [2.75, 3.05) is 13.2 Å². The highest BCUT2D eigenvalue weighted by Gasteiger charge is 1.97. The van der Waals surface area contributed by atoms with Crippen LogP contribution in [0.25, 0.3) is 0 Å². The molecule has 14 heavy (non-hydrogen) atoms. The van der Waals surface area contributed by atoms with Crippen molar-refractivity contribution in [2.24, 2.45) is 11.8 Å². The van der Waals surface area contributed by atoms with Gasteiger partial charge in [0.25, 0.3) is 0 Å². The Kier molecular flexibility index (Phi) is 15.1. The lowest BCUT2D eigenvalue weighted by molar-refractivity contribution is 0.219. The van der Waals surface area contributed by atoms with Crippen molar-refractivity contribution in [1.82, 2.24) is 0 Å². The third-order valence-electron chi connectivity index (χ3n) is 2.51. The van der Waals surface area contributed by atoms with Crippen molar-refractivity contribution < 1.29 is 10.2 Å². The van der Waals surface area contributed by atoms with Crippen LogP contribution in [0, 0.1) is 11.8 Å². The minimum absolute atomic E-state index is 0.341. The second kappa shape index (κ2) is 12.9. The molecule has 0 rings (SSSR count). The quantitative estimate of drug-likeness (QED) is 0.698. The molecule has 0 aromatic carbocycles. The van der Waals surface area contributed by atoms with Gasteiger partial charge in [0.05, 0.1) is 0 Å². The molecule has 0 heterocycles. The van der Waals surface area contributed by atoms with E-state index in [-0.39, 0.29) is 0 Å². The third kappa shape index (κ3) is 11.9. The maximum Gasteiger partial charge on any atom is 0.0459 e. The molecule has 0 aromatic rings. The zero-order valence-corrected chi connectivity index (χ0v) is 10.3. The highest BCUT2D eigenvalue weighted by Crippen LogP contribution is 2.03. The van der Waals surface area contributed by atoms with Crippen LogP contribution in [0.5, 0.6) is 0 Å². The van der Waals surface area contributed by atoms with E-state index in [9.17, 15) is 0 Å². The molecule has 0 amide bonds. The van der Waals surface area contributed by atoms with Crippen LogP contribution in [0.3, 0.4) is 0 Å². The monoisotopic (exact) mass is 204 g/mol. The summed E-state index contributed by atoms with van der Waals surface area (Å²) in [6.07, 6.45) is 4.54. The van der Waals surface area contributed by atoms with E-state index in [0.29, 0.717) is 25.0 Å². The molecule has 0 aliphatic rings. The van der Waals surface area contributed by atoms with E-state index in [4.69, 9.17) is 10.2 Å². The summed E-state index contributed by atoms with van der Waals surface area (Å²) in [6.45, 7) is 9.09. The first kappa shape index (κ1) is 16.4. The summed E-state index contributed by atoms with van der Waals surface area (Å²) in [7, 11) is 0. The van der Waals surface area contributed by atoms with E-state index < -0.39 is 0 Å². The fourth-order valence-electron chi connectivity index (χ4n) is 1.13. The highest BCUT2D eigenvalue weighted by atomic mass is 16.3. The predicted molar refractivity (Wildman–Crippen MR) is 62.3 cm³/mol. The molecule has 88 valence electrons. The molecule has 2 heteroatoms. The number of aliphatic hydroxyl groups is 2. The van der Waals surface area contributed by atoms with Crippen LogP contribution in [-0.2, 0) is 0 Å². The summed E-state index contributed by atoms with van der Waals surface area (Å²) in [5.74, 6) is 1.05. The van der Waals surface area contributed by atoms with Gasteiger partial charge in [-0.1, -0.05) is 47.0 Å². The lowest BCUT2D eigenvalue weighted by Gasteiger charge is -2.04. The molecule has 0 aromatic heterocycles. The lowest BCUT2D eigenvalue weighted by atomic mass is 10.1. The van der Waals surface area contributed by atoms with Crippen molar-refractivity contribution in [3.05, 3.63) is 0 Å². The van der Waals surface area contributed by atoms with Crippen LogP contribution in [0.15, 0.2) is 0 Å². The fraction of sp³-hybridized carbons (Fsp3) is 1.00. The first-order valence-electron chi connectivity index (χ1n) is 5.87. The van der Waals surface area contributed by atoms with E-state index in [0.717, 1.165) is 19.3 Å². The van der Waals surface area contributed by atoms with Gasteiger partial charge in [0.15, 0.2) is 0 Å². The summed E-state index contributed by atoms with van der Waals surface area (Å²) < 4.78 is 0. The third-order valence-corrected chi connectivity index (χ3v) is 2.51. The second-order valence-electron chi connectivity index (χ2n) is 3.94. The summed E-state index contributed by atoms with van der Waals surface area (Å²) in [5.41, 5.74) is 0. The van der Waals surface area contributed by atoms with Gasteiger partial charge in [-0.15, -0.1) is 0 Å². The van der Waals surface area contributed by atoms with Gasteiger partial charge in [-0.3, -0.25) is 0 Å². The summed E-state index contributed by atoms with van der Waals surface area (Å²) in [5, 5.41) is 17.0. The van der Waals surface area contributed by atoms with Crippen LogP contribution in [0.1, 0.15) is 53.4 Å². The second-order valence-corrected chi connectivity index (χ2v) is 3.94. The van der Waals surface area contributed by atoms with E-state index >= 15 is 0 Å². The highest BCUT2D eigenvalue weighted by molar-refractivity contribution is 4.48. The van der Waals surface area contributed by atoms with Crippen molar-refractivity contribution in [1.29, 1.82) is 0 Å². The average Bonchev–Trinajstić information content (AvgIpc) is 2.22. The molecule has 0 bridgehead atoms. The molecule has 1 unspecified atom stereocenters. The minimum atomic E-state index is 0.341. The summed E-state index contributed by atoms with van der Waals surface area (Å²) >= 11 is 0. The maximum absolute atomic E-state index is 8.53. The van der Waals surface area contributed by atoms with Crippen molar-refractivity contribution in [3.63, 3.8) is 0 Å². The average molecular weight is 204 g/mol. The van der Waals surface area contributed by atoms with Crippen LogP contribution >= 0.6 is 0 Å². The summed E-state index contributed by atoms with van der Waals surface area (Å²) in [6, 6.07) is 0. The number of hydrogen-bond acceptors (Lipinski definition) is 2. The van der Waals surface area contributed by atoms with E-state index in [1.54, 1.807) is 0 Å². The Morgan fingerprint density at radius 3 is 1.50 bits per heavy atom. The van der Waals surface area contributed by atoms with Crippen molar-refractivity contribution in [2.45, 2.75) is 53.4 Å². The van der Waals surface area contributed by atoms with E-state index in [2.05, 4.69) is 27.7 Å². The predicted octanol–water partition coefficient (Wildman–Crippen LogP) is 2.83. The molecule has 2 nitrogen and oxygen atoms in total. The van der Waals surface area contributed by atoms with Crippen molar-refractivity contribution >= 4 is 0 Å². The smallest absolute Gasteiger partial charge is 0.0459 e. The van der Waals surface area contributed by atoms with E-state index in [1.165, 1.54) is 6.42 Å². The van der Waals surface area contributed by atoms with Crippen LogP contribution < -0.4 is 0 Å². The Morgan fingerprint density at radius 1 is 0.929 bits per heavy atom. The Bertz CT molecular complexity index is 84.8. The standard InChI is InChI=1S/2C6H14O/c1-3-4-6(2)5-7;1-3-6(4-2)5-7/h2*6-7H,3-5H2,1-2H3. The minimum Gasteiger partial charge on any atom is -0.396 e. The van der Waals surface area contributed by atoms with Crippen LogP contribution in [0.4, 0.5) is 0 Å². The Balaban J connectivity index is 0. The zero-order valence-electron chi connectivity index (χ0n) is 10.3. The Morgan fingerprint density at radius 2 is 1.43 bits per heavy atom. The van der Waals surface area contributed by atoms with Crippen LogP contribution in [0.2, 0.25) is 0 Å². The normalized spacial score (nSPS) is 12.2. The van der Waals surface area contributed by atoms with Gasteiger partial charge in [-0.25, -0.2) is 0 Å². The van der Waals surface area contributed by atoms with Gasteiger partial charge in [-0.2, -0.15) is 0 Å². The molecular formula is C12H28O2. The molecular weight excluding hydrogens is 176 g/mol. The molecule has 0 aliphatic carbocycles.